The first-order chi connectivity index (χ1) is 11.4. The van der Waals surface area contributed by atoms with Crippen LogP contribution in [0.1, 0.15) is 38.9 Å². The molecule has 6 nitrogen and oxygen atoms in total. The van der Waals surface area contributed by atoms with Crippen LogP contribution in [0.3, 0.4) is 0 Å². The smallest absolute Gasteiger partial charge is 0.284 e. The Labute approximate surface area is 135 Å². The highest BCUT2D eigenvalue weighted by Gasteiger charge is 2.36. The zero-order chi connectivity index (χ0) is 17.4. The SMILES string of the molecule is NC(=O)c1cc(C(=O)N2C[C@H](O)C[C@@H]2c2ccc(F)c(F)c2)co1. The summed E-state index contributed by atoms with van der Waals surface area (Å²) in [5, 5.41) is 9.89. The number of β-amino-alcohol motifs (C(OH)–C–C–N with tert-alkyl or cyclic N) is 1. The minimum Gasteiger partial charge on any atom is -0.458 e. The molecule has 1 aromatic heterocycles. The fraction of sp³-hybridized carbons (Fsp3) is 0.250. The van der Waals surface area contributed by atoms with Crippen LogP contribution in [0.2, 0.25) is 0 Å². The normalized spacial score (nSPS) is 20.4. The number of aliphatic hydroxyl groups excluding tert-OH is 1. The topological polar surface area (TPSA) is 96.8 Å². The Morgan fingerprint density at radius 3 is 2.62 bits per heavy atom. The van der Waals surface area contributed by atoms with Crippen LogP contribution in [0.25, 0.3) is 0 Å². The Kier molecular flexibility index (Phi) is 4.06. The van der Waals surface area contributed by atoms with Gasteiger partial charge in [0.15, 0.2) is 17.4 Å². The lowest BCUT2D eigenvalue weighted by Crippen LogP contribution is -2.31. The number of nitrogens with zero attached hydrogens (tertiary/aromatic N) is 1. The maximum absolute atomic E-state index is 13.5. The molecule has 1 aliphatic heterocycles. The molecule has 0 bridgehead atoms. The molecule has 2 heterocycles. The Bertz CT molecular complexity index is 805. The molecular formula is C16H14F2N2O4. The molecule has 8 heteroatoms. The maximum atomic E-state index is 13.5. The average Bonchev–Trinajstić information content (AvgIpc) is 3.16. The zero-order valence-electron chi connectivity index (χ0n) is 12.4. The molecule has 2 atom stereocenters. The predicted molar refractivity (Wildman–Crippen MR) is 78.0 cm³/mol. The van der Waals surface area contributed by atoms with Crippen molar-refractivity contribution in [1.29, 1.82) is 0 Å². The van der Waals surface area contributed by atoms with Crippen molar-refractivity contribution in [2.45, 2.75) is 18.6 Å². The summed E-state index contributed by atoms with van der Waals surface area (Å²) in [6, 6.07) is 3.93. The fourth-order valence-electron chi connectivity index (χ4n) is 2.82. The second kappa shape index (κ2) is 6.04. The van der Waals surface area contributed by atoms with Gasteiger partial charge >= 0.3 is 0 Å². The lowest BCUT2D eigenvalue weighted by Gasteiger charge is -2.24. The van der Waals surface area contributed by atoms with Gasteiger partial charge in [0, 0.05) is 12.6 Å². The van der Waals surface area contributed by atoms with Crippen LogP contribution in [-0.4, -0.2) is 34.5 Å². The van der Waals surface area contributed by atoms with Gasteiger partial charge in [-0.25, -0.2) is 8.78 Å². The number of primary amides is 1. The molecule has 1 aliphatic rings. The van der Waals surface area contributed by atoms with E-state index in [9.17, 15) is 23.5 Å². The van der Waals surface area contributed by atoms with Crippen molar-refractivity contribution in [3.63, 3.8) is 0 Å². The minimum atomic E-state index is -1.03. The molecule has 1 aromatic carbocycles. The van der Waals surface area contributed by atoms with Crippen molar-refractivity contribution >= 4 is 11.8 Å². The van der Waals surface area contributed by atoms with Gasteiger partial charge in [0.1, 0.15) is 6.26 Å². The van der Waals surface area contributed by atoms with Gasteiger partial charge in [-0.2, -0.15) is 0 Å². The number of nitrogens with two attached hydrogens (primary N) is 1. The maximum Gasteiger partial charge on any atom is 0.284 e. The van der Waals surface area contributed by atoms with Crippen molar-refractivity contribution in [3.8, 4) is 0 Å². The summed E-state index contributed by atoms with van der Waals surface area (Å²) in [4.78, 5) is 25.0. The third-order valence-electron chi connectivity index (χ3n) is 3.96. The van der Waals surface area contributed by atoms with Crippen LogP contribution in [0.5, 0.6) is 0 Å². The number of amides is 2. The summed E-state index contributed by atoms with van der Waals surface area (Å²) in [6.07, 6.45) is 0.488. The fourth-order valence-corrected chi connectivity index (χ4v) is 2.82. The van der Waals surface area contributed by atoms with Crippen LogP contribution in [0, 0.1) is 11.6 Å². The van der Waals surface area contributed by atoms with Gasteiger partial charge in [-0.15, -0.1) is 0 Å². The van der Waals surface area contributed by atoms with Crippen molar-refractivity contribution in [3.05, 3.63) is 59.1 Å². The van der Waals surface area contributed by atoms with E-state index >= 15 is 0 Å². The first-order valence-electron chi connectivity index (χ1n) is 7.19. The second-order valence-electron chi connectivity index (χ2n) is 5.60. The monoisotopic (exact) mass is 336 g/mol. The summed E-state index contributed by atoms with van der Waals surface area (Å²) in [7, 11) is 0. The third kappa shape index (κ3) is 2.88. The number of rotatable bonds is 3. The first kappa shape index (κ1) is 16.1. The second-order valence-corrected chi connectivity index (χ2v) is 5.60. The molecule has 0 saturated carbocycles. The Hall–Kier alpha value is -2.74. The summed E-state index contributed by atoms with van der Waals surface area (Å²) in [6.45, 7) is 0.0274. The molecule has 126 valence electrons. The molecule has 24 heavy (non-hydrogen) atoms. The van der Waals surface area contributed by atoms with E-state index in [0.717, 1.165) is 18.4 Å². The van der Waals surface area contributed by atoms with Crippen LogP contribution < -0.4 is 5.73 Å². The molecule has 1 saturated heterocycles. The number of hydrogen-bond acceptors (Lipinski definition) is 4. The first-order valence-corrected chi connectivity index (χ1v) is 7.19. The van der Waals surface area contributed by atoms with E-state index in [4.69, 9.17) is 10.2 Å². The van der Waals surface area contributed by atoms with Crippen molar-refractivity contribution in [1.82, 2.24) is 4.90 Å². The molecule has 3 rings (SSSR count). The van der Waals surface area contributed by atoms with E-state index in [0.29, 0.717) is 5.56 Å². The molecule has 2 aromatic rings. The van der Waals surface area contributed by atoms with E-state index in [2.05, 4.69) is 0 Å². The summed E-state index contributed by atoms with van der Waals surface area (Å²) in [5.74, 6) is -3.50. The molecular weight excluding hydrogens is 322 g/mol. The van der Waals surface area contributed by atoms with Gasteiger partial charge in [0.2, 0.25) is 0 Å². The third-order valence-corrected chi connectivity index (χ3v) is 3.96. The Morgan fingerprint density at radius 2 is 2.00 bits per heavy atom. The number of carbonyl (C=O) groups excluding carboxylic acids is 2. The van der Waals surface area contributed by atoms with E-state index < -0.39 is 35.6 Å². The molecule has 0 spiro atoms. The van der Waals surface area contributed by atoms with Gasteiger partial charge in [-0.05, 0) is 24.1 Å². The average molecular weight is 336 g/mol. The number of furan rings is 1. The highest BCUT2D eigenvalue weighted by molar-refractivity contribution is 5.98. The van der Waals surface area contributed by atoms with Crippen LogP contribution in [0.15, 0.2) is 34.9 Å². The van der Waals surface area contributed by atoms with Crippen LogP contribution >= 0.6 is 0 Å². The quantitative estimate of drug-likeness (QED) is 0.890. The standard InChI is InChI=1S/C16H14F2N2O4/c17-11-2-1-8(3-12(11)18)13-5-10(21)6-20(13)16(23)9-4-14(15(19)22)24-7-9/h1-4,7,10,13,21H,5-6H2,(H2,19,22)/t10-,13-/m1/s1. The molecule has 0 aliphatic carbocycles. The molecule has 0 radical (unpaired) electrons. The number of aliphatic hydroxyl groups is 1. The Morgan fingerprint density at radius 1 is 1.25 bits per heavy atom. The number of carbonyl (C=O) groups is 2. The highest BCUT2D eigenvalue weighted by Crippen LogP contribution is 2.34. The molecule has 1 fully saturated rings. The van der Waals surface area contributed by atoms with Gasteiger partial charge < -0.3 is 20.2 Å². The van der Waals surface area contributed by atoms with Gasteiger partial charge in [0.25, 0.3) is 11.8 Å². The van der Waals surface area contributed by atoms with Gasteiger partial charge in [-0.1, -0.05) is 6.07 Å². The van der Waals surface area contributed by atoms with E-state index in [1.165, 1.54) is 17.0 Å². The molecule has 0 unspecified atom stereocenters. The van der Waals surface area contributed by atoms with Crippen molar-refractivity contribution in [2.75, 3.05) is 6.54 Å². The van der Waals surface area contributed by atoms with Crippen molar-refractivity contribution in [2.24, 2.45) is 5.73 Å². The van der Waals surface area contributed by atoms with E-state index in [1.807, 2.05) is 0 Å². The summed E-state index contributed by atoms with van der Waals surface area (Å²) >= 11 is 0. The lowest BCUT2D eigenvalue weighted by molar-refractivity contribution is 0.0714. The predicted octanol–water partition coefficient (Wildman–Crippen LogP) is 1.60. The van der Waals surface area contributed by atoms with E-state index in [-0.39, 0.29) is 24.3 Å². The number of hydrogen-bond donors (Lipinski definition) is 2. The zero-order valence-corrected chi connectivity index (χ0v) is 12.4. The number of halogens is 2. The molecule has 3 N–H and O–H groups in total. The van der Waals surface area contributed by atoms with Gasteiger partial charge in [-0.3, -0.25) is 9.59 Å². The summed E-state index contributed by atoms with van der Waals surface area (Å²) in [5.41, 5.74) is 5.54. The Balaban J connectivity index is 1.90. The van der Waals surface area contributed by atoms with Gasteiger partial charge in [0.05, 0.1) is 17.7 Å². The van der Waals surface area contributed by atoms with Crippen molar-refractivity contribution < 1.29 is 27.9 Å². The highest BCUT2D eigenvalue weighted by atomic mass is 19.2. The number of benzene rings is 1. The number of likely N-dealkylation sites (tertiary alicyclic amines) is 1. The largest absolute Gasteiger partial charge is 0.458 e. The van der Waals surface area contributed by atoms with Crippen LogP contribution in [0.4, 0.5) is 8.78 Å². The minimum absolute atomic E-state index is 0.0274. The van der Waals surface area contributed by atoms with Crippen LogP contribution in [-0.2, 0) is 0 Å². The summed E-state index contributed by atoms with van der Waals surface area (Å²) < 4.78 is 31.5. The molecule has 2 amide bonds. The lowest BCUT2D eigenvalue weighted by atomic mass is 10.0. The van der Waals surface area contributed by atoms with E-state index in [1.54, 1.807) is 0 Å².